The van der Waals surface area contributed by atoms with E-state index >= 15 is 0 Å². The zero-order valence-corrected chi connectivity index (χ0v) is 12.3. The van der Waals surface area contributed by atoms with Gasteiger partial charge in [-0.3, -0.25) is 4.79 Å². The molecule has 3 nitrogen and oxygen atoms in total. The van der Waals surface area contributed by atoms with Gasteiger partial charge >= 0.3 is 0 Å². The summed E-state index contributed by atoms with van der Waals surface area (Å²) in [6, 6.07) is 15.0. The fraction of sp³-hybridized carbons (Fsp3) is 0.235. The van der Waals surface area contributed by atoms with Crippen molar-refractivity contribution in [3.63, 3.8) is 0 Å². The molecule has 0 radical (unpaired) electrons. The van der Waals surface area contributed by atoms with Crippen molar-refractivity contribution >= 4 is 17.5 Å². The predicted octanol–water partition coefficient (Wildman–Crippen LogP) is 3.11. The molecule has 21 heavy (non-hydrogen) atoms. The Labute approximate surface area is 128 Å². The van der Waals surface area contributed by atoms with E-state index in [4.69, 9.17) is 11.6 Å². The van der Waals surface area contributed by atoms with Gasteiger partial charge in [0.1, 0.15) is 11.6 Å². The summed E-state index contributed by atoms with van der Waals surface area (Å²) >= 11 is 5.76. The Kier molecular flexibility index (Phi) is 3.84. The molecule has 1 aliphatic rings. The molecule has 0 spiro atoms. The van der Waals surface area contributed by atoms with Gasteiger partial charge in [0.05, 0.1) is 6.04 Å². The highest BCUT2D eigenvalue weighted by Crippen LogP contribution is 2.35. The van der Waals surface area contributed by atoms with Crippen LogP contribution >= 0.6 is 11.6 Å². The highest BCUT2D eigenvalue weighted by Gasteiger charge is 2.31. The SMILES string of the molecule is O=C(CCl)N1CCc2ccccc2C1c1ccc(O)cc1. The third-order valence-electron chi connectivity index (χ3n) is 3.93. The molecule has 1 atom stereocenters. The lowest BCUT2D eigenvalue weighted by Crippen LogP contribution is -2.41. The largest absolute Gasteiger partial charge is 0.508 e. The maximum atomic E-state index is 12.2. The highest BCUT2D eigenvalue weighted by atomic mass is 35.5. The molecule has 1 aliphatic heterocycles. The first-order chi connectivity index (χ1) is 10.2. The number of carbonyl (C=O) groups is 1. The van der Waals surface area contributed by atoms with E-state index < -0.39 is 0 Å². The fourth-order valence-electron chi connectivity index (χ4n) is 2.93. The molecule has 1 amide bonds. The molecule has 1 N–H and O–H groups in total. The van der Waals surface area contributed by atoms with Gasteiger partial charge in [0.2, 0.25) is 5.91 Å². The van der Waals surface area contributed by atoms with Crippen LogP contribution in [0.3, 0.4) is 0 Å². The zero-order valence-electron chi connectivity index (χ0n) is 11.5. The van der Waals surface area contributed by atoms with Crippen LogP contribution in [0.25, 0.3) is 0 Å². The molecule has 0 saturated carbocycles. The second-order valence-electron chi connectivity index (χ2n) is 5.16. The first-order valence-corrected chi connectivity index (χ1v) is 7.46. The number of rotatable bonds is 2. The van der Waals surface area contributed by atoms with Gasteiger partial charge in [0.25, 0.3) is 0 Å². The standard InChI is InChI=1S/C17H16ClNO2/c18-11-16(21)19-10-9-12-3-1-2-4-15(12)17(19)13-5-7-14(20)8-6-13/h1-8,17,20H,9-11H2. The van der Waals surface area contributed by atoms with Crippen LogP contribution in [0.4, 0.5) is 0 Å². The summed E-state index contributed by atoms with van der Waals surface area (Å²) in [6.45, 7) is 0.661. The summed E-state index contributed by atoms with van der Waals surface area (Å²) < 4.78 is 0. The van der Waals surface area contributed by atoms with Crippen molar-refractivity contribution in [2.45, 2.75) is 12.5 Å². The van der Waals surface area contributed by atoms with E-state index in [1.165, 1.54) is 5.56 Å². The van der Waals surface area contributed by atoms with Gasteiger partial charge in [0, 0.05) is 6.54 Å². The Morgan fingerprint density at radius 2 is 1.90 bits per heavy atom. The Balaban J connectivity index is 2.09. The summed E-state index contributed by atoms with van der Waals surface area (Å²) in [5.74, 6) is 0.138. The number of aromatic hydroxyl groups is 1. The molecule has 0 aromatic heterocycles. The van der Waals surface area contributed by atoms with Gasteiger partial charge in [-0.15, -0.1) is 11.6 Å². The van der Waals surface area contributed by atoms with E-state index in [1.807, 2.05) is 29.2 Å². The fourth-order valence-corrected chi connectivity index (χ4v) is 3.08. The first kappa shape index (κ1) is 14.0. The molecule has 0 fully saturated rings. The summed E-state index contributed by atoms with van der Waals surface area (Å²) in [6.07, 6.45) is 0.841. The first-order valence-electron chi connectivity index (χ1n) is 6.93. The van der Waals surface area contributed by atoms with Crippen LogP contribution in [-0.2, 0) is 11.2 Å². The molecule has 1 heterocycles. The van der Waals surface area contributed by atoms with Crippen LogP contribution in [0.1, 0.15) is 22.7 Å². The number of benzene rings is 2. The average molecular weight is 302 g/mol. The van der Waals surface area contributed by atoms with Crippen molar-refractivity contribution in [1.29, 1.82) is 0 Å². The lowest BCUT2D eigenvalue weighted by atomic mass is 9.88. The number of nitrogens with zero attached hydrogens (tertiary/aromatic N) is 1. The number of carbonyl (C=O) groups excluding carboxylic acids is 1. The quantitative estimate of drug-likeness (QED) is 0.866. The van der Waals surface area contributed by atoms with Crippen LogP contribution in [0, 0.1) is 0 Å². The molecular formula is C17H16ClNO2. The summed E-state index contributed by atoms with van der Waals surface area (Å²) in [5, 5.41) is 9.47. The molecular weight excluding hydrogens is 286 g/mol. The number of amides is 1. The highest BCUT2D eigenvalue weighted by molar-refractivity contribution is 6.27. The summed E-state index contributed by atoms with van der Waals surface area (Å²) in [5.41, 5.74) is 3.38. The number of phenolic OH excluding ortho intramolecular Hbond substituents is 1. The van der Waals surface area contributed by atoms with Crippen LogP contribution in [0.2, 0.25) is 0 Å². The topological polar surface area (TPSA) is 40.5 Å². The van der Waals surface area contributed by atoms with Crippen molar-refractivity contribution in [2.75, 3.05) is 12.4 Å². The second-order valence-corrected chi connectivity index (χ2v) is 5.43. The van der Waals surface area contributed by atoms with E-state index in [1.54, 1.807) is 12.1 Å². The van der Waals surface area contributed by atoms with Gasteiger partial charge in [-0.2, -0.15) is 0 Å². The van der Waals surface area contributed by atoms with Gasteiger partial charge in [-0.25, -0.2) is 0 Å². The number of phenols is 1. The number of hydrogen-bond donors (Lipinski definition) is 1. The Hall–Kier alpha value is -2.00. The zero-order chi connectivity index (χ0) is 14.8. The second kappa shape index (κ2) is 5.78. The van der Waals surface area contributed by atoms with E-state index in [2.05, 4.69) is 12.1 Å². The Morgan fingerprint density at radius 3 is 2.62 bits per heavy atom. The maximum absolute atomic E-state index is 12.2. The average Bonchev–Trinajstić information content (AvgIpc) is 2.54. The van der Waals surface area contributed by atoms with Crippen molar-refractivity contribution in [3.8, 4) is 5.75 Å². The molecule has 2 aromatic carbocycles. The lowest BCUT2D eigenvalue weighted by molar-refractivity contribution is -0.130. The van der Waals surface area contributed by atoms with Gasteiger partial charge in [-0.05, 0) is 35.2 Å². The number of fused-ring (bicyclic) bond motifs is 1. The molecule has 3 rings (SSSR count). The molecule has 0 bridgehead atoms. The molecule has 108 valence electrons. The lowest BCUT2D eigenvalue weighted by Gasteiger charge is -2.37. The minimum atomic E-state index is -0.137. The monoisotopic (exact) mass is 301 g/mol. The van der Waals surface area contributed by atoms with Gasteiger partial charge in [0.15, 0.2) is 0 Å². The number of alkyl halides is 1. The maximum Gasteiger partial charge on any atom is 0.238 e. The van der Waals surface area contributed by atoms with Crippen molar-refractivity contribution < 1.29 is 9.90 Å². The third-order valence-corrected chi connectivity index (χ3v) is 4.16. The van der Waals surface area contributed by atoms with Crippen LogP contribution in [0.5, 0.6) is 5.75 Å². The number of hydrogen-bond acceptors (Lipinski definition) is 2. The van der Waals surface area contributed by atoms with Gasteiger partial charge in [-0.1, -0.05) is 36.4 Å². The van der Waals surface area contributed by atoms with Crippen molar-refractivity contribution in [3.05, 3.63) is 65.2 Å². The normalized spacial score (nSPS) is 17.4. The van der Waals surface area contributed by atoms with E-state index in [0.29, 0.717) is 6.54 Å². The molecule has 0 saturated heterocycles. The third kappa shape index (κ3) is 2.61. The van der Waals surface area contributed by atoms with Crippen LogP contribution in [-0.4, -0.2) is 28.3 Å². The Morgan fingerprint density at radius 1 is 1.19 bits per heavy atom. The van der Waals surface area contributed by atoms with Crippen LogP contribution < -0.4 is 0 Å². The summed E-state index contributed by atoms with van der Waals surface area (Å²) in [7, 11) is 0. The molecule has 0 aliphatic carbocycles. The van der Waals surface area contributed by atoms with Gasteiger partial charge < -0.3 is 10.0 Å². The van der Waals surface area contributed by atoms with E-state index in [9.17, 15) is 9.90 Å². The smallest absolute Gasteiger partial charge is 0.238 e. The molecule has 2 aromatic rings. The minimum absolute atomic E-state index is 0.0171. The van der Waals surface area contributed by atoms with Crippen molar-refractivity contribution in [1.82, 2.24) is 4.90 Å². The number of halogens is 1. The Bertz CT molecular complexity index is 654. The minimum Gasteiger partial charge on any atom is -0.508 e. The predicted molar refractivity (Wildman–Crippen MR) is 82.5 cm³/mol. The summed E-state index contributed by atoms with van der Waals surface area (Å²) in [4.78, 5) is 14.0. The molecule has 4 heteroatoms. The van der Waals surface area contributed by atoms with Crippen LogP contribution in [0.15, 0.2) is 48.5 Å². The van der Waals surface area contributed by atoms with Crippen molar-refractivity contribution in [2.24, 2.45) is 0 Å². The molecule has 1 unspecified atom stereocenters. The van der Waals surface area contributed by atoms with E-state index in [0.717, 1.165) is 17.5 Å². The van der Waals surface area contributed by atoms with E-state index in [-0.39, 0.29) is 23.6 Å².